The van der Waals surface area contributed by atoms with Crippen molar-refractivity contribution in [2.75, 3.05) is 26.2 Å². The molecule has 0 bridgehead atoms. The predicted molar refractivity (Wildman–Crippen MR) is 69.2 cm³/mol. The first-order chi connectivity index (χ1) is 8.75. The maximum Gasteiger partial charge on any atom is 0.225 e. The number of ether oxygens (including phenoxy) is 1. The summed E-state index contributed by atoms with van der Waals surface area (Å²) in [6.45, 7) is 6.15. The summed E-state index contributed by atoms with van der Waals surface area (Å²) in [5.74, 6) is 1.65. The summed E-state index contributed by atoms with van der Waals surface area (Å²) in [5, 5.41) is 3.43. The van der Waals surface area contributed by atoms with E-state index in [0.717, 1.165) is 39.1 Å². The molecular formula is C14H24N2O2. The molecule has 3 fully saturated rings. The van der Waals surface area contributed by atoms with Crippen molar-refractivity contribution >= 4 is 5.91 Å². The third-order valence-electron chi connectivity index (χ3n) is 4.93. The van der Waals surface area contributed by atoms with Crippen molar-refractivity contribution in [3.8, 4) is 0 Å². The Morgan fingerprint density at radius 3 is 3.00 bits per heavy atom. The predicted octanol–water partition coefficient (Wildman–Crippen LogP) is 1.01. The molecule has 0 aromatic heterocycles. The second-order valence-corrected chi connectivity index (χ2v) is 6.06. The van der Waals surface area contributed by atoms with Gasteiger partial charge in [0.2, 0.25) is 5.91 Å². The molecular weight excluding hydrogens is 228 g/mol. The molecule has 4 heteroatoms. The summed E-state index contributed by atoms with van der Waals surface area (Å²) >= 11 is 0. The van der Waals surface area contributed by atoms with E-state index in [2.05, 4.69) is 17.1 Å². The van der Waals surface area contributed by atoms with Gasteiger partial charge in [0.25, 0.3) is 0 Å². The zero-order valence-corrected chi connectivity index (χ0v) is 11.2. The van der Waals surface area contributed by atoms with Crippen molar-refractivity contribution in [1.82, 2.24) is 10.2 Å². The van der Waals surface area contributed by atoms with Gasteiger partial charge in [-0.05, 0) is 38.0 Å². The summed E-state index contributed by atoms with van der Waals surface area (Å²) < 4.78 is 5.68. The number of fused-ring (bicyclic) bond motifs is 1. The summed E-state index contributed by atoms with van der Waals surface area (Å²) in [5.41, 5.74) is 0. The van der Waals surface area contributed by atoms with Gasteiger partial charge in [0.1, 0.15) is 0 Å². The molecule has 3 saturated heterocycles. The van der Waals surface area contributed by atoms with Crippen LogP contribution in [0.25, 0.3) is 0 Å². The Hall–Kier alpha value is -0.610. The zero-order valence-electron chi connectivity index (χ0n) is 11.2. The number of carbonyl (C=O) groups excluding carboxylic acids is 1. The highest BCUT2D eigenvalue weighted by Crippen LogP contribution is 2.33. The molecule has 4 unspecified atom stereocenters. The Labute approximate surface area is 109 Å². The molecule has 3 heterocycles. The van der Waals surface area contributed by atoms with Crippen LogP contribution in [0.15, 0.2) is 0 Å². The van der Waals surface area contributed by atoms with Gasteiger partial charge in [-0.1, -0.05) is 0 Å². The van der Waals surface area contributed by atoms with Gasteiger partial charge >= 0.3 is 0 Å². The van der Waals surface area contributed by atoms with E-state index in [-0.39, 0.29) is 6.10 Å². The first-order valence-electron chi connectivity index (χ1n) is 7.37. The summed E-state index contributed by atoms with van der Waals surface area (Å²) in [7, 11) is 0. The third kappa shape index (κ3) is 2.28. The minimum atomic E-state index is 0.178. The second kappa shape index (κ2) is 5.17. The van der Waals surface area contributed by atoms with Gasteiger partial charge in [0.05, 0.1) is 12.5 Å². The Morgan fingerprint density at radius 1 is 1.39 bits per heavy atom. The molecule has 1 amide bonds. The highest BCUT2D eigenvalue weighted by molar-refractivity contribution is 5.77. The molecule has 0 aromatic carbocycles. The van der Waals surface area contributed by atoms with Crippen molar-refractivity contribution in [2.24, 2.45) is 11.8 Å². The highest BCUT2D eigenvalue weighted by Gasteiger charge is 2.43. The van der Waals surface area contributed by atoms with Crippen LogP contribution >= 0.6 is 0 Å². The quantitative estimate of drug-likeness (QED) is 0.797. The van der Waals surface area contributed by atoms with Crippen LogP contribution in [0, 0.1) is 11.8 Å². The molecule has 0 radical (unpaired) electrons. The number of hydrogen-bond donors (Lipinski definition) is 1. The Balaban J connectivity index is 1.56. The first-order valence-corrected chi connectivity index (χ1v) is 7.37. The van der Waals surface area contributed by atoms with Crippen molar-refractivity contribution < 1.29 is 9.53 Å². The number of nitrogens with zero attached hydrogens (tertiary/aromatic N) is 1. The topological polar surface area (TPSA) is 41.6 Å². The molecule has 0 spiro atoms. The lowest BCUT2D eigenvalue weighted by atomic mass is 9.95. The Kier molecular flexibility index (Phi) is 3.57. The molecule has 0 aromatic rings. The molecule has 18 heavy (non-hydrogen) atoms. The van der Waals surface area contributed by atoms with Gasteiger partial charge in [-0.15, -0.1) is 0 Å². The first kappa shape index (κ1) is 12.4. The van der Waals surface area contributed by atoms with Crippen LogP contribution in [-0.4, -0.2) is 49.2 Å². The Morgan fingerprint density at radius 2 is 2.28 bits per heavy atom. The lowest BCUT2D eigenvalue weighted by Crippen LogP contribution is -2.40. The van der Waals surface area contributed by atoms with Gasteiger partial charge in [-0.2, -0.15) is 0 Å². The van der Waals surface area contributed by atoms with Gasteiger partial charge in [-0.3, -0.25) is 4.79 Å². The van der Waals surface area contributed by atoms with E-state index in [4.69, 9.17) is 4.74 Å². The van der Waals surface area contributed by atoms with Gasteiger partial charge in [0, 0.05) is 32.3 Å². The van der Waals surface area contributed by atoms with Crippen molar-refractivity contribution in [1.29, 1.82) is 0 Å². The van der Waals surface area contributed by atoms with Gasteiger partial charge < -0.3 is 15.0 Å². The molecule has 4 atom stereocenters. The van der Waals surface area contributed by atoms with Crippen LogP contribution in [0.4, 0.5) is 0 Å². The number of nitrogens with one attached hydrogen (secondary N) is 1. The molecule has 3 aliphatic rings. The van der Waals surface area contributed by atoms with E-state index >= 15 is 0 Å². The van der Waals surface area contributed by atoms with Crippen LogP contribution in [0.3, 0.4) is 0 Å². The molecule has 3 rings (SSSR count). The summed E-state index contributed by atoms with van der Waals surface area (Å²) in [6, 6.07) is 0.404. The monoisotopic (exact) mass is 252 g/mol. The average molecular weight is 252 g/mol. The van der Waals surface area contributed by atoms with E-state index in [1.165, 1.54) is 6.42 Å². The zero-order chi connectivity index (χ0) is 12.5. The van der Waals surface area contributed by atoms with Crippen LogP contribution in [0.1, 0.15) is 32.6 Å². The second-order valence-electron chi connectivity index (χ2n) is 6.06. The lowest BCUT2D eigenvalue weighted by Gasteiger charge is -2.28. The SMILES string of the molecule is CC1C2CNCC2CN1C(=O)CC1CCCCO1. The lowest BCUT2D eigenvalue weighted by molar-refractivity contribution is -0.136. The van der Waals surface area contributed by atoms with Crippen molar-refractivity contribution in [3.63, 3.8) is 0 Å². The van der Waals surface area contributed by atoms with E-state index in [9.17, 15) is 4.79 Å². The standard InChI is InChI=1S/C14H24N2O2/c1-10-13-8-15-7-11(13)9-16(10)14(17)6-12-4-2-3-5-18-12/h10-13,15H,2-9H2,1H3. The number of carbonyl (C=O) groups is 1. The number of likely N-dealkylation sites (tertiary alicyclic amines) is 1. The fourth-order valence-electron chi connectivity index (χ4n) is 3.78. The largest absolute Gasteiger partial charge is 0.378 e. The van der Waals surface area contributed by atoms with E-state index in [0.29, 0.717) is 30.2 Å². The number of hydrogen-bond acceptors (Lipinski definition) is 3. The van der Waals surface area contributed by atoms with Crippen LogP contribution in [0.2, 0.25) is 0 Å². The minimum absolute atomic E-state index is 0.178. The number of rotatable bonds is 2. The van der Waals surface area contributed by atoms with Gasteiger partial charge in [0.15, 0.2) is 0 Å². The maximum atomic E-state index is 12.4. The van der Waals surface area contributed by atoms with E-state index in [1.807, 2.05) is 0 Å². The Bertz CT molecular complexity index is 315. The average Bonchev–Trinajstić information content (AvgIpc) is 2.94. The third-order valence-corrected chi connectivity index (χ3v) is 4.93. The molecule has 102 valence electrons. The molecule has 1 N–H and O–H groups in total. The molecule has 3 aliphatic heterocycles. The fourth-order valence-corrected chi connectivity index (χ4v) is 3.78. The fraction of sp³-hybridized carbons (Fsp3) is 0.929. The minimum Gasteiger partial charge on any atom is -0.378 e. The molecule has 4 nitrogen and oxygen atoms in total. The van der Waals surface area contributed by atoms with Crippen LogP contribution in [-0.2, 0) is 9.53 Å². The van der Waals surface area contributed by atoms with Crippen LogP contribution < -0.4 is 5.32 Å². The summed E-state index contributed by atoms with van der Waals surface area (Å²) in [6.07, 6.45) is 4.19. The van der Waals surface area contributed by atoms with Crippen molar-refractivity contribution in [3.05, 3.63) is 0 Å². The van der Waals surface area contributed by atoms with Crippen LogP contribution in [0.5, 0.6) is 0 Å². The van der Waals surface area contributed by atoms with Crippen molar-refractivity contribution in [2.45, 2.75) is 44.8 Å². The molecule has 0 saturated carbocycles. The van der Waals surface area contributed by atoms with Gasteiger partial charge in [-0.25, -0.2) is 0 Å². The number of amides is 1. The van der Waals surface area contributed by atoms with E-state index in [1.54, 1.807) is 0 Å². The summed E-state index contributed by atoms with van der Waals surface area (Å²) in [4.78, 5) is 14.5. The normalized spacial score (nSPS) is 39.9. The highest BCUT2D eigenvalue weighted by atomic mass is 16.5. The maximum absolute atomic E-state index is 12.4. The molecule has 0 aliphatic carbocycles. The van der Waals surface area contributed by atoms with E-state index < -0.39 is 0 Å². The smallest absolute Gasteiger partial charge is 0.225 e.